The smallest absolute Gasteiger partial charge is 0.416 e. The molecule has 14 heteroatoms. The standard InChI is InChI=1S/C32H36F3N7O3S/c1-20(23-5-3-4-6-24(23)32(33,34)35)45-27-16-28(46-29(27)30(36)43)42-19-38-25-17-37-22(15-26(25)42)18-40-9-7-21(8-10-40)31(44)41-13-11-39(2)12-14-41/h3-6,15-17,19-21H,7-14,18H2,1-2H3,(H2,36,43)/t20-/m1/s1. The molecule has 0 unspecified atom stereocenters. The van der Waals surface area contributed by atoms with E-state index in [0.717, 1.165) is 80.7 Å². The molecule has 2 aliphatic heterocycles. The fourth-order valence-corrected chi connectivity index (χ4v) is 7.10. The number of nitrogens with two attached hydrogens (primary N) is 1. The van der Waals surface area contributed by atoms with E-state index in [2.05, 4.69) is 26.8 Å². The number of imidazole rings is 1. The molecule has 244 valence electrons. The summed E-state index contributed by atoms with van der Waals surface area (Å²) in [7, 11) is 2.08. The predicted molar refractivity (Wildman–Crippen MR) is 168 cm³/mol. The number of pyridine rings is 1. The quantitative estimate of drug-likeness (QED) is 0.293. The first-order valence-corrected chi connectivity index (χ1v) is 16.1. The molecule has 0 bridgehead atoms. The van der Waals surface area contributed by atoms with E-state index in [1.165, 1.54) is 25.1 Å². The van der Waals surface area contributed by atoms with Crippen molar-refractivity contribution in [3.8, 4) is 10.8 Å². The van der Waals surface area contributed by atoms with Crippen LogP contribution >= 0.6 is 11.3 Å². The van der Waals surface area contributed by atoms with Gasteiger partial charge in [-0.05, 0) is 52.0 Å². The Hall–Kier alpha value is -4.01. The lowest BCUT2D eigenvalue weighted by molar-refractivity contribution is -0.139. The van der Waals surface area contributed by atoms with Gasteiger partial charge >= 0.3 is 6.18 Å². The zero-order valence-electron chi connectivity index (χ0n) is 25.7. The van der Waals surface area contributed by atoms with Gasteiger partial charge in [0, 0.05) is 50.3 Å². The van der Waals surface area contributed by atoms with Gasteiger partial charge in [0.25, 0.3) is 5.91 Å². The molecule has 0 saturated carbocycles. The molecule has 0 radical (unpaired) electrons. The van der Waals surface area contributed by atoms with Crippen molar-refractivity contribution in [1.29, 1.82) is 0 Å². The van der Waals surface area contributed by atoms with Crippen LogP contribution in [-0.2, 0) is 17.5 Å². The minimum atomic E-state index is -4.56. The van der Waals surface area contributed by atoms with Crippen LogP contribution in [0.15, 0.2) is 48.9 Å². The Labute approximate surface area is 268 Å². The van der Waals surface area contributed by atoms with E-state index < -0.39 is 23.8 Å². The third kappa shape index (κ3) is 6.74. The van der Waals surface area contributed by atoms with Gasteiger partial charge in [-0.2, -0.15) is 13.2 Å². The Kier molecular flexibility index (Phi) is 9.03. The van der Waals surface area contributed by atoms with Gasteiger partial charge in [0.05, 0.1) is 23.0 Å². The van der Waals surface area contributed by atoms with Crippen LogP contribution in [0.4, 0.5) is 13.2 Å². The van der Waals surface area contributed by atoms with Crippen LogP contribution in [0.25, 0.3) is 16.0 Å². The van der Waals surface area contributed by atoms with Gasteiger partial charge in [0.2, 0.25) is 5.91 Å². The van der Waals surface area contributed by atoms with E-state index in [0.29, 0.717) is 17.1 Å². The maximum atomic E-state index is 13.6. The van der Waals surface area contributed by atoms with Crippen molar-refractivity contribution in [2.45, 2.75) is 38.6 Å². The van der Waals surface area contributed by atoms with E-state index in [1.54, 1.807) is 23.2 Å². The summed E-state index contributed by atoms with van der Waals surface area (Å²) < 4.78 is 48.7. The molecule has 2 saturated heterocycles. The number of amides is 2. The summed E-state index contributed by atoms with van der Waals surface area (Å²) in [5, 5.41) is 0.572. The fraction of sp³-hybridized carbons (Fsp3) is 0.438. The first-order valence-electron chi connectivity index (χ1n) is 15.3. The number of nitrogens with zero attached hydrogens (tertiary/aromatic N) is 6. The molecule has 5 heterocycles. The number of alkyl halides is 3. The summed E-state index contributed by atoms with van der Waals surface area (Å²) in [6, 6.07) is 8.73. The van der Waals surface area contributed by atoms with Crippen LogP contribution < -0.4 is 10.5 Å². The second-order valence-corrected chi connectivity index (χ2v) is 13.0. The number of hydrogen-bond acceptors (Lipinski definition) is 8. The number of piperidine rings is 1. The minimum absolute atomic E-state index is 0.0466. The second-order valence-electron chi connectivity index (χ2n) is 11.9. The Balaban J connectivity index is 1.17. The van der Waals surface area contributed by atoms with Gasteiger partial charge in [-0.15, -0.1) is 11.3 Å². The van der Waals surface area contributed by atoms with E-state index >= 15 is 0 Å². The van der Waals surface area contributed by atoms with Crippen molar-refractivity contribution in [3.63, 3.8) is 0 Å². The van der Waals surface area contributed by atoms with Crippen LogP contribution in [0.3, 0.4) is 0 Å². The van der Waals surface area contributed by atoms with Crippen molar-refractivity contribution >= 4 is 34.2 Å². The first-order chi connectivity index (χ1) is 22.0. The number of likely N-dealkylation sites (N-methyl/N-ethyl adjacent to an activating group) is 1. The average molecular weight is 656 g/mol. The number of carbonyl (C=O) groups excluding carboxylic acids is 2. The number of piperazine rings is 1. The van der Waals surface area contributed by atoms with Crippen molar-refractivity contribution in [2.24, 2.45) is 11.7 Å². The van der Waals surface area contributed by atoms with Gasteiger partial charge in [0.1, 0.15) is 33.6 Å². The molecule has 4 aromatic rings. The Morgan fingerprint density at radius 1 is 1.07 bits per heavy atom. The lowest BCUT2D eigenvalue weighted by Crippen LogP contribution is -2.50. The third-order valence-corrected chi connectivity index (χ3v) is 9.91. The second kappa shape index (κ2) is 13.0. The molecule has 6 rings (SSSR count). The van der Waals surface area contributed by atoms with Gasteiger partial charge in [-0.3, -0.25) is 24.0 Å². The number of aromatic nitrogens is 3. The average Bonchev–Trinajstić information content (AvgIpc) is 3.65. The monoisotopic (exact) mass is 655 g/mol. The number of carbonyl (C=O) groups is 2. The van der Waals surface area contributed by atoms with Gasteiger partial charge < -0.3 is 20.3 Å². The van der Waals surface area contributed by atoms with Crippen LogP contribution in [-0.4, -0.2) is 87.4 Å². The number of primary amides is 1. The molecule has 1 atom stereocenters. The number of thiophene rings is 1. The van der Waals surface area contributed by atoms with Crippen LogP contribution in [0.1, 0.15) is 52.4 Å². The number of rotatable bonds is 8. The molecule has 1 aromatic carbocycles. The van der Waals surface area contributed by atoms with Crippen LogP contribution in [0, 0.1) is 5.92 Å². The molecular weight excluding hydrogens is 619 g/mol. The van der Waals surface area contributed by atoms with Crippen molar-refractivity contribution in [2.75, 3.05) is 46.3 Å². The molecule has 2 N–H and O–H groups in total. The van der Waals surface area contributed by atoms with Crippen molar-refractivity contribution in [1.82, 2.24) is 29.2 Å². The molecule has 0 spiro atoms. The van der Waals surface area contributed by atoms with E-state index in [-0.39, 0.29) is 28.0 Å². The Morgan fingerprint density at radius 3 is 2.48 bits per heavy atom. The maximum absolute atomic E-state index is 13.6. The number of fused-ring (bicyclic) bond motifs is 1. The zero-order valence-corrected chi connectivity index (χ0v) is 26.5. The van der Waals surface area contributed by atoms with Gasteiger partial charge in [0.15, 0.2) is 0 Å². The van der Waals surface area contributed by atoms with E-state index in [1.807, 2.05) is 11.0 Å². The minimum Gasteiger partial charge on any atom is -0.484 e. The normalized spacial score (nSPS) is 17.8. The number of benzene rings is 1. The van der Waals surface area contributed by atoms with Gasteiger partial charge in [-0.1, -0.05) is 18.2 Å². The summed E-state index contributed by atoms with van der Waals surface area (Å²) >= 11 is 1.08. The highest BCUT2D eigenvalue weighted by Crippen LogP contribution is 2.39. The number of ether oxygens (including phenoxy) is 1. The highest BCUT2D eigenvalue weighted by molar-refractivity contribution is 7.16. The summed E-state index contributed by atoms with van der Waals surface area (Å²) in [5.74, 6) is -0.327. The summed E-state index contributed by atoms with van der Waals surface area (Å²) in [4.78, 5) is 41.1. The lowest BCUT2D eigenvalue weighted by atomic mass is 9.95. The third-order valence-electron chi connectivity index (χ3n) is 8.78. The van der Waals surface area contributed by atoms with Crippen molar-refractivity contribution < 1.29 is 27.5 Å². The van der Waals surface area contributed by atoms with Crippen LogP contribution in [0.5, 0.6) is 5.75 Å². The SMILES string of the molecule is C[C@@H](Oc1cc(-n2cnc3cnc(CN4CCC(C(=O)N5CCN(C)CC5)CC4)cc32)sc1C(N)=O)c1ccccc1C(F)(F)F. The fourth-order valence-electron chi connectivity index (χ4n) is 6.17. The number of likely N-dealkylation sites (tertiary alicyclic amines) is 1. The van der Waals surface area contributed by atoms with Crippen LogP contribution in [0.2, 0.25) is 0 Å². The molecule has 3 aromatic heterocycles. The largest absolute Gasteiger partial charge is 0.484 e. The molecule has 2 amide bonds. The molecule has 46 heavy (non-hydrogen) atoms. The maximum Gasteiger partial charge on any atom is 0.416 e. The summed E-state index contributed by atoms with van der Waals surface area (Å²) in [6.45, 7) is 7.11. The molecule has 2 aliphatic rings. The zero-order chi connectivity index (χ0) is 32.6. The summed E-state index contributed by atoms with van der Waals surface area (Å²) in [6.07, 6.45) is -0.638. The topological polar surface area (TPSA) is 110 Å². The van der Waals surface area contributed by atoms with E-state index in [4.69, 9.17) is 10.5 Å². The highest BCUT2D eigenvalue weighted by atomic mass is 32.1. The molecule has 0 aliphatic carbocycles. The molecular formula is C32H36F3N7O3S. The lowest BCUT2D eigenvalue weighted by Gasteiger charge is -2.37. The van der Waals surface area contributed by atoms with Crippen molar-refractivity contribution in [3.05, 3.63) is 70.6 Å². The number of hydrogen-bond donors (Lipinski definition) is 1. The van der Waals surface area contributed by atoms with E-state index in [9.17, 15) is 22.8 Å². The van der Waals surface area contributed by atoms with Gasteiger partial charge in [-0.25, -0.2) is 4.98 Å². The predicted octanol–water partition coefficient (Wildman–Crippen LogP) is 4.73. The molecule has 2 fully saturated rings. The first kappa shape index (κ1) is 32.0. The number of halogens is 3. The Bertz CT molecular complexity index is 1720. The molecule has 10 nitrogen and oxygen atoms in total. The summed E-state index contributed by atoms with van der Waals surface area (Å²) in [5.41, 5.74) is 7.04. The Morgan fingerprint density at radius 2 is 1.78 bits per heavy atom. The highest BCUT2D eigenvalue weighted by Gasteiger charge is 2.35.